The minimum absolute atomic E-state index is 0.154. The third-order valence-electron chi connectivity index (χ3n) is 4.23. The number of nitrogens with zero attached hydrogens (tertiary/aromatic N) is 1. The Morgan fingerprint density at radius 1 is 1.36 bits per heavy atom. The van der Waals surface area contributed by atoms with Gasteiger partial charge in [0.05, 0.1) is 23.6 Å². The van der Waals surface area contributed by atoms with E-state index >= 15 is 0 Å². The van der Waals surface area contributed by atoms with Gasteiger partial charge in [0.15, 0.2) is 0 Å². The molecule has 1 aliphatic rings. The second-order valence-corrected chi connectivity index (χ2v) is 7.34. The predicted octanol–water partition coefficient (Wildman–Crippen LogP) is 2.41. The van der Waals surface area contributed by atoms with Gasteiger partial charge in [-0.2, -0.15) is 0 Å². The summed E-state index contributed by atoms with van der Waals surface area (Å²) in [5, 5.41) is 14.5. The Hall–Kier alpha value is -2.25. The fourth-order valence-electron chi connectivity index (χ4n) is 2.86. The highest BCUT2D eigenvalue weighted by atomic mass is 32.1. The highest BCUT2D eigenvalue weighted by Gasteiger charge is 2.39. The van der Waals surface area contributed by atoms with Gasteiger partial charge in [-0.3, -0.25) is 9.59 Å². The van der Waals surface area contributed by atoms with Crippen LogP contribution in [0.4, 0.5) is 0 Å². The number of amides is 1. The van der Waals surface area contributed by atoms with Crippen LogP contribution < -0.4 is 5.32 Å². The maximum atomic E-state index is 12.5. The molecule has 0 aliphatic carbocycles. The Labute approximate surface area is 149 Å². The molecule has 0 bridgehead atoms. The van der Waals surface area contributed by atoms with Gasteiger partial charge in [0.2, 0.25) is 0 Å². The molecule has 1 aromatic carbocycles. The molecule has 1 fully saturated rings. The largest absolute Gasteiger partial charge is 0.481 e. The number of hydrogen-bond acceptors (Lipinski definition) is 5. The summed E-state index contributed by atoms with van der Waals surface area (Å²) in [5.74, 6) is -1.30. The molecule has 0 radical (unpaired) electrons. The zero-order valence-corrected chi connectivity index (χ0v) is 14.8. The normalized spacial score (nSPS) is 19.7. The SMILES string of the molecule is Cc1ccc(Cc2nc(C(=O)NC3(CC(=O)O)CCOC3)cs2)cc1. The number of carbonyl (C=O) groups excluding carboxylic acids is 1. The number of nitrogens with one attached hydrogen (secondary N) is 1. The lowest BCUT2D eigenvalue weighted by Crippen LogP contribution is -2.50. The molecule has 1 amide bonds. The van der Waals surface area contributed by atoms with Crippen molar-refractivity contribution in [2.24, 2.45) is 0 Å². The number of thiazole rings is 1. The van der Waals surface area contributed by atoms with E-state index in [0.717, 1.165) is 10.6 Å². The van der Waals surface area contributed by atoms with Crippen LogP contribution in [0.1, 0.15) is 39.5 Å². The zero-order chi connectivity index (χ0) is 17.9. The van der Waals surface area contributed by atoms with E-state index in [2.05, 4.69) is 10.3 Å². The van der Waals surface area contributed by atoms with Crippen molar-refractivity contribution in [3.05, 3.63) is 51.5 Å². The van der Waals surface area contributed by atoms with Crippen LogP contribution in [0, 0.1) is 6.92 Å². The number of rotatable bonds is 6. The molecule has 2 heterocycles. The quantitative estimate of drug-likeness (QED) is 0.826. The summed E-state index contributed by atoms with van der Waals surface area (Å²) in [6.45, 7) is 2.70. The van der Waals surface area contributed by atoms with Gasteiger partial charge in [0.25, 0.3) is 5.91 Å². The lowest BCUT2D eigenvalue weighted by Gasteiger charge is -2.26. The van der Waals surface area contributed by atoms with E-state index in [1.807, 2.05) is 31.2 Å². The first-order valence-electron chi connectivity index (χ1n) is 8.08. The van der Waals surface area contributed by atoms with Crippen LogP contribution in [-0.2, 0) is 16.0 Å². The van der Waals surface area contributed by atoms with Gasteiger partial charge < -0.3 is 15.2 Å². The summed E-state index contributed by atoms with van der Waals surface area (Å²) < 4.78 is 5.30. The molecular weight excluding hydrogens is 340 g/mol. The summed E-state index contributed by atoms with van der Waals surface area (Å²) in [7, 11) is 0. The topological polar surface area (TPSA) is 88.5 Å². The molecule has 25 heavy (non-hydrogen) atoms. The van der Waals surface area contributed by atoms with Crippen molar-refractivity contribution in [2.45, 2.75) is 31.7 Å². The lowest BCUT2D eigenvalue weighted by molar-refractivity contribution is -0.138. The van der Waals surface area contributed by atoms with Crippen molar-refractivity contribution in [1.29, 1.82) is 0 Å². The standard InChI is InChI=1S/C18H20N2O4S/c1-12-2-4-13(5-3-12)8-15-19-14(10-25-15)17(23)20-18(9-16(21)22)6-7-24-11-18/h2-5,10H,6-9,11H2,1H3,(H,20,23)(H,21,22). The minimum atomic E-state index is -0.955. The summed E-state index contributed by atoms with van der Waals surface area (Å²) in [5.41, 5.74) is 1.82. The summed E-state index contributed by atoms with van der Waals surface area (Å²) in [6, 6.07) is 8.20. The molecule has 1 saturated heterocycles. The molecule has 2 aromatic rings. The van der Waals surface area contributed by atoms with Gasteiger partial charge in [0.1, 0.15) is 5.69 Å². The van der Waals surface area contributed by atoms with Crippen molar-refractivity contribution < 1.29 is 19.4 Å². The predicted molar refractivity (Wildman–Crippen MR) is 94.0 cm³/mol. The summed E-state index contributed by atoms with van der Waals surface area (Å²) in [4.78, 5) is 28.0. The molecule has 1 atom stereocenters. The smallest absolute Gasteiger partial charge is 0.305 e. The third-order valence-corrected chi connectivity index (χ3v) is 5.08. The highest BCUT2D eigenvalue weighted by molar-refractivity contribution is 7.09. The molecule has 7 heteroatoms. The molecule has 0 saturated carbocycles. The molecular formula is C18H20N2O4S. The maximum absolute atomic E-state index is 12.5. The lowest BCUT2D eigenvalue weighted by atomic mass is 9.94. The molecule has 1 aliphatic heterocycles. The van der Waals surface area contributed by atoms with Crippen molar-refractivity contribution in [3.8, 4) is 0 Å². The number of benzene rings is 1. The molecule has 0 spiro atoms. The van der Waals surface area contributed by atoms with Crippen LogP contribution in [0.25, 0.3) is 0 Å². The van der Waals surface area contributed by atoms with Gasteiger partial charge in [-0.25, -0.2) is 4.98 Å². The van der Waals surface area contributed by atoms with Crippen LogP contribution >= 0.6 is 11.3 Å². The first-order chi connectivity index (χ1) is 12.0. The van der Waals surface area contributed by atoms with Crippen LogP contribution in [-0.4, -0.2) is 40.7 Å². The molecule has 1 unspecified atom stereocenters. The maximum Gasteiger partial charge on any atom is 0.305 e. The third kappa shape index (κ3) is 4.43. The van der Waals surface area contributed by atoms with Crippen molar-refractivity contribution in [1.82, 2.24) is 10.3 Å². The van der Waals surface area contributed by atoms with E-state index in [1.54, 1.807) is 5.38 Å². The van der Waals surface area contributed by atoms with Crippen LogP contribution in [0.5, 0.6) is 0 Å². The number of aliphatic carboxylic acids is 1. The van der Waals surface area contributed by atoms with Crippen molar-refractivity contribution >= 4 is 23.2 Å². The fraction of sp³-hybridized carbons (Fsp3) is 0.389. The molecule has 1 aromatic heterocycles. The minimum Gasteiger partial charge on any atom is -0.481 e. The number of ether oxygens (including phenoxy) is 1. The number of hydrogen-bond donors (Lipinski definition) is 2. The second kappa shape index (κ2) is 7.33. The van der Waals surface area contributed by atoms with E-state index in [4.69, 9.17) is 9.84 Å². The monoisotopic (exact) mass is 360 g/mol. The number of aromatic nitrogens is 1. The summed E-state index contributed by atoms with van der Waals surface area (Å²) >= 11 is 1.43. The van der Waals surface area contributed by atoms with E-state index in [1.165, 1.54) is 16.9 Å². The van der Waals surface area contributed by atoms with Gasteiger partial charge in [-0.1, -0.05) is 29.8 Å². The van der Waals surface area contributed by atoms with Crippen LogP contribution in [0.3, 0.4) is 0 Å². The van der Waals surface area contributed by atoms with E-state index in [-0.39, 0.29) is 18.9 Å². The van der Waals surface area contributed by atoms with E-state index in [9.17, 15) is 9.59 Å². The highest BCUT2D eigenvalue weighted by Crippen LogP contribution is 2.24. The van der Waals surface area contributed by atoms with E-state index < -0.39 is 11.5 Å². The average molecular weight is 360 g/mol. The van der Waals surface area contributed by atoms with Crippen LogP contribution in [0.15, 0.2) is 29.6 Å². The van der Waals surface area contributed by atoms with Crippen molar-refractivity contribution in [2.75, 3.05) is 13.2 Å². The van der Waals surface area contributed by atoms with Crippen LogP contribution in [0.2, 0.25) is 0 Å². The number of carboxylic acid groups (broad SMARTS) is 1. The molecule has 3 rings (SSSR count). The Morgan fingerprint density at radius 2 is 2.12 bits per heavy atom. The van der Waals surface area contributed by atoms with E-state index in [0.29, 0.717) is 25.1 Å². The van der Waals surface area contributed by atoms with Gasteiger partial charge >= 0.3 is 5.97 Å². The van der Waals surface area contributed by atoms with Crippen molar-refractivity contribution in [3.63, 3.8) is 0 Å². The molecule has 6 nitrogen and oxygen atoms in total. The fourth-order valence-corrected chi connectivity index (χ4v) is 3.67. The van der Waals surface area contributed by atoms with Gasteiger partial charge in [-0.15, -0.1) is 11.3 Å². The number of aryl methyl sites for hydroxylation is 1. The Kier molecular flexibility index (Phi) is 5.15. The first kappa shape index (κ1) is 17.6. The summed E-state index contributed by atoms with van der Waals surface area (Å²) in [6.07, 6.45) is 1.01. The average Bonchev–Trinajstić information content (AvgIpc) is 3.19. The molecule has 132 valence electrons. The second-order valence-electron chi connectivity index (χ2n) is 6.40. The molecule has 2 N–H and O–H groups in total. The first-order valence-corrected chi connectivity index (χ1v) is 8.96. The Morgan fingerprint density at radius 3 is 2.76 bits per heavy atom. The Bertz CT molecular complexity index is 764. The number of carbonyl (C=O) groups is 2. The Balaban J connectivity index is 1.67. The van der Waals surface area contributed by atoms with Gasteiger partial charge in [-0.05, 0) is 18.9 Å². The zero-order valence-electron chi connectivity index (χ0n) is 13.9. The number of carboxylic acids is 1. The van der Waals surface area contributed by atoms with Gasteiger partial charge in [0, 0.05) is 18.4 Å².